The Balaban J connectivity index is 1.74. The summed E-state index contributed by atoms with van der Waals surface area (Å²) in [5.41, 5.74) is -0.822. The van der Waals surface area contributed by atoms with E-state index in [9.17, 15) is 9.90 Å². The molecule has 1 aromatic heterocycles. The van der Waals surface area contributed by atoms with Crippen LogP contribution in [0.2, 0.25) is 0 Å². The van der Waals surface area contributed by atoms with Gasteiger partial charge in [-0.05, 0) is 42.0 Å². The van der Waals surface area contributed by atoms with Crippen molar-refractivity contribution in [2.45, 2.75) is 42.4 Å². The highest BCUT2D eigenvalue weighted by Crippen LogP contribution is 2.44. The third-order valence-electron chi connectivity index (χ3n) is 3.71. The molecule has 2 N–H and O–H groups in total. The second-order valence-electron chi connectivity index (χ2n) is 5.34. The number of aromatic nitrogens is 4. The monoisotopic (exact) mass is 283 g/mol. The maximum Gasteiger partial charge on any atom is 0.325 e. The fourth-order valence-corrected chi connectivity index (χ4v) is 3.38. The second kappa shape index (κ2) is 4.75. The number of thioether (sulfide) groups is 1. The smallest absolute Gasteiger partial charge is 0.325 e. The van der Waals surface area contributed by atoms with Gasteiger partial charge in [0.05, 0.1) is 0 Å². The van der Waals surface area contributed by atoms with Crippen LogP contribution >= 0.6 is 11.8 Å². The third-order valence-corrected chi connectivity index (χ3v) is 4.91. The lowest BCUT2D eigenvalue weighted by Gasteiger charge is -2.30. The van der Waals surface area contributed by atoms with E-state index in [4.69, 9.17) is 0 Å². The molecule has 0 spiro atoms. The highest BCUT2D eigenvalue weighted by molar-refractivity contribution is 7.99. The molecule has 7 nitrogen and oxygen atoms in total. The second-order valence-corrected chi connectivity index (χ2v) is 6.29. The van der Waals surface area contributed by atoms with Gasteiger partial charge >= 0.3 is 5.97 Å². The molecule has 1 atom stereocenters. The highest BCUT2D eigenvalue weighted by atomic mass is 32.2. The average molecular weight is 283 g/mol. The number of tetrazole rings is 1. The molecule has 0 aliphatic heterocycles. The van der Waals surface area contributed by atoms with E-state index in [0.29, 0.717) is 17.0 Å². The van der Waals surface area contributed by atoms with Gasteiger partial charge in [-0.1, -0.05) is 11.8 Å². The van der Waals surface area contributed by atoms with Gasteiger partial charge in [0, 0.05) is 18.8 Å². The first-order valence-corrected chi connectivity index (χ1v) is 7.46. The fraction of sp³-hybridized carbons (Fsp3) is 0.818. The molecule has 0 amide bonds. The number of rotatable bonds is 7. The molecular formula is C11H17N5O2S. The Morgan fingerprint density at radius 2 is 2.26 bits per heavy atom. The molecule has 0 bridgehead atoms. The molecule has 104 valence electrons. The van der Waals surface area contributed by atoms with Crippen molar-refractivity contribution >= 4 is 17.7 Å². The van der Waals surface area contributed by atoms with Gasteiger partial charge in [-0.2, -0.15) is 0 Å². The Kier molecular flexibility index (Phi) is 3.22. The molecule has 2 saturated carbocycles. The zero-order valence-electron chi connectivity index (χ0n) is 10.7. The van der Waals surface area contributed by atoms with Crippen LogP contribution in [0.3, 0.4) is 0 Å². The van der Waals surface area contributed by atoms with Gasteiger partial charge in [-0.15, -0.1) is 5.10 Å². The molecule has 0 radical (unpaired) electrons. The average Bonchev–Trinajstić information content (AvgIpc) is 3.25. The van der Waals surface area contributed by atoms with Crippen molar-refractivity contribution < 1.29 is 9.90 Å². The molecule has 0 saturated heterocycles. The molecule has 1 aromatic rings. The fourth-order valence-electron chi connectivity index (χ4n) is 2.27. The van der Waals surface area contributed by atoms with E-state index < -0.39 is 11.5 Å². The Morgan fingerprint density at radius 3 is 2.74 bits per heavy atom. The topological polar surface area (TPSA) is 92.9 Å². The largest absolute Gasteiger partial charge is 0.480 e. The lowest BCUT2D eigenvalue weighted by Crippen LogP contribution is -2.57. The molecule has 19 heavy (non-hydrogen) atoms. The molecule has 2 aliphatic rings. The number of nitrogens with zero attached hydrogens (tertiary/aromatic N) is 4. The number of carboxylic acid groups (broad SMARTS) is 1. The van der Waals surface area contributed by atoms with Crippen molar-refractivity contribution in [3.05, 3.63) is 0 Å². The van der Waals surface area contributed by atoms with Gasteiger partial charge in [-0.3, -0.25) is 10.1 Å². The van der Waals surface area contributed by atoms with Crippen LogP contribution in [0.15, 0.2) is 5.16 Å². The van der Waals surface area contributed by atoms with E-state index in [1.54, 1.807) is 11.7 Å². The summed E-state index contributed by atoms with van der Waals surface area (Å²) in [6.07, 6.45) is 4.14. The van der Waals surface area contributed by atoms with Crippen molar-refractivity contribution in [2.75, 3.05) is 5.75 Å². The van der Waals surface area contributed by atoms with Crippen molar-refractivity contribution in [1.29, 1.82) is 0 Å². The lowest BCUT2D eigenvalue weighted by atomic mass is 9.95. The summed E-state index contributed by atoms with van der Waals surface area (Å²) in [7, 11) is 1.76. The number of carboxylic acids is 1. The summed E-state index contributed by atoms with van der Waals surface area (Å²) in [6, 6.07) is 0.370. The van der Waals surface area contributed by atoms with Crippen LogP contribution < -0.4 is 5.32 Å². The summed E-state index contributed by atoms with van der Waals surface area (Å²) in [5, 5.41) is 24.9. The number of nitrogens with one attached hydrogen (secondary N) is 1. The molecule has 3 rings (SSSR count). The number of aryl methyl sites for hydroxylation is 1. The first-order valence-electron chi connectivity index (χ1n) is 6.48. The minimum absolute atomic E-state index is 0.235. The minimum Gasteiger partial charge on any atom is -0.480 e. The van der Waals surface area contributed by atoms with Crippen molar-refractivity contribution in [3.63, 3.8) is 0 Å². The summed E-state index contributed by atoms with van der Waals surface area (Å²) < 4.78 is 1.57. The van der Waals surface area contributed by atoms with Gasteiger partial charge in [0.15, 0.2) is 0 Å². The highest BCUT2D eigenvalue weighted by Gasteiger charge is 2.53. The van der Waals surface area contributed by atoms with Gasteiger partial charge in [0.2, 0.25) is 5.16 Å². The third kappa shape index (κ3) is 2.59. The van der Waals surface area contributed by atoms with Gasteiger partial charge in [0.1, 0.15) is 5.54 Å². The van der Waals surface area contributed by atoms with E-state index >= 15 is 0 Å². The maximum absolute atomic E-state index is 11.8. The van der Waals surface area contributed by atoms with Gasteiger partial charge < -0.3 is 5.11 Å². The number of hydrogen-bond donors (Lipinski definition) is 2. The molecule has 1 heterocycles. The Hall–Kier alpha value is -1.15. The van der Waals surface area contributed by atoms with Crippen molar-refractivity contribution in [1.82, 2.24) is 25.5 Å². The van der Waals surface area contributed by atoms with Crippen LogP contribution in [-0.4, -0.2) is 48.6 Å². The van der Waals surface area contributed by atoms with Crippen molar-refractivity contribution in [3.8, 4) is 0 Å². The van der Waals surface area contributed by atoms with E-state index in [1.165, 1.54) is 11.8 Å². The number of carbonyl (C=O) groups is 1. The predicted molar refractivity (Wildman–Crippen MR) is 68.8 cm³/mol. The summed E-state index contributed by atoms with van der Waals surface area (Å²) in [5.74, 6) is -0.0404. The molecular weight excluding hydrogens is 266 g/mol. The Morgan fingerprint density at radius 1 is 1.53 bits per heavy atom. The quantitative estimate of drug-likeness (QED) is 0.695. The van der Waals surface area contributed by atoms with E-state index in [1.807, 2.05) is 0 Å². The first-order chi connectivity index (χ1) is 9.12. The normalized spacial score (nSPS) is 22.2. The Bertz CT molecular complexity index is 485. The van der Waals surface area contributed by atoms with E-state index in [0.717, 1.165) is 25.7 Å². The molecule has 8 heteroatoms. The molecule has 2 fully saturated rings. The number of hydrogen-bond acceptors (Lipinski definition) is 6. The maximum atomic E-state index is 11.8. The minimum atomic E-state index is -0.822. The van der Waals surface area contributed by atoms with Gasteiger partial charge in [-0.25, -0.2) is 4.68 Å². The Labute approximate surface area is 115 Å². The van der Waals surface area contributed by atoms with Gasteiger partial charge in [0.25, 0.3) is 0 Å². The first kappa shape index (κ1) is 12.9. The molecule has 0 aromatic carbocycles. The number of aliphatic carboxylic acids is 1. The van der Waals surface area contributed by atoms with Crippen LogP contribution in [0.1, 0.15) is 25.7 Å². The van der Waals surface area contributed by atoms with Crippen molar-refractivity contribution in [2.24, 2.45) is 13.0 Å². The van der Waals surface area contributed by atoms with Crippen LogP contribution in [0.25, 0.3) is 0 Å². The summed E-state index contributed by atoms with van der Waals surface area (Å²) in [4.78, 5) is 11.8. The predicted octanol–water partition coefficient (Wildman–Crippen LogP) is 0.288. The van der Waals surface area contributed by atoms with Crippen LogP contribution in [0.4, 0.5) is 0 Å². The van der Waals surface area contributed by atoms with E-state index in [-0.39, 0.29) is 5.92 Å². The standard InChI is InChI=1S/C11H17N5O2S/c1-16-10(13-14-15-16)19-6-11(9(17)18,7-2-3-7)12-8-4-5-8/h7-8,12H,2-6H2,1H3,(H,17,18). The van der Waals surface area contributed by atoms with Crippen LogP contribution in [0.5, 0.6) is 0 Å². The summed E-state index contributed by atoms with van der Waals surface area (Å²) in [6.45, 7) is 0. The lowest BCUT2D eigenvalue weighted by molar-refractivity contribution is -0.145. The van der Waals surface area contributed by atoms with Crippen LogP contribution in [0, 0.1) is 5.92 Å². The summed E-state index contributed by atoms with van der Waals surface area (Å²) >= 11 is 1.41. The SMILES string of the molecule is Cn1nnnc1SCC(NC1CC1)(C(=O)O)C1CC1. The molecule has 1 unspecified atom stereocenters. The zero-order valence-corrected chi connectivity index (χ0v) is 11.6. The molecule has 2 aliphatic carbocycles. The van der Waals surface area contributed by atoms with Crippen LogP contribution in [-0.2, 0) is 11.8 Å². The zero-order chi connectivity index (χ0) is 13.5. The van der Waals surface area contributed by atoms with E-state index in [2.05, 4.69) is 20.8 Å².